The molecule has 3 rings (SSSR count). The number of nitrogens with zero attached hydrogens (tertiary/aromatic N) is 1. The van der Waals surface area contributed by atoms with Crippen molar-refractivity contribution >= 4 is 16.9 Å². The van der Waals surface area contributed by atoms with Crippen LogP contribution in [0.15, 0.2) is 54.6 Å². The van der Waals surface area contributed by atoms with Gasteiger partial charge in [-0.2, -0.15) is 0 Å². The highest BCUT2D eigenvalue weighted by atomic mass is 16.5. The van der Waals surface area contributed by atoms with Crippen LogP contribution in [-0.2, 0) is 11.3 Å². The Bertz CT molecular complexity index is 867. The lowest BCUT2D eigenvalue weighted by atomic mass is 10.0. The molecule has 0 radical (unpaired) electrons. The monoisotopic (exact) mass is 319 g/mol. The summed E-state index contributed by atoms with van der Waals surface area (Å²) in [6.07, 6.45) is 0. The lowest BCUT2D eigenvalue weighted by Gasteiger charge is -2.10. The Morgan fingerprint density at radius 2 is 1.79 bits per heavy atom. The Balaban J connectivity index is 1.78. The van der Waals surface area contributed by atoms with Crippen LogP contribution in [0.5, 0.6) is 0 Å². The second kappa shape index (κ2) is 6.83. The number of ether oxygens (including phenoxy) is 1. The molecule has 2 aromatic carbocycles. The fourth-order valence-electron chi connectivity index (χ4n) is 2.70. The standard InChI is InChI=1S/C21H21NO2/c1-14(2)17-10-8-16(9-11-17)13-24-21(23)19-12-15(3)22-20-7-5-4-6-18(19)20/h4-12,14H,13H2,1-3H3. The van der Waals surface area contributed by atoms with Crippen LogP contribution in [0.1, 0.15) is 46.9 Å². The number of esters is 1. The molecule has 0 aliphatic carbocycles. The van der Waals surface area contributed by atoms with Gasteiger partial charge in [-0.1, -0.05) is 56.3 Å². The first kappa shape index (κ1) is 16.2. The van der Waals surface area contributed by atoms with E-state index in [0.29, 0.717) is 11.5 Å². The van der Waals surface area contributed by atoms with Crippen molar-refractivity contribution in [2.75, 3.05) is 0 Å². The number of aryl methyl sites for hydroxylation is 1. The zero-order valence-corrected chi connectivity index (χ0v) is 14.2. The van der Waals surface area contributed by atoms with Crippen molar-refractivity contribution in [3.63, 3.8) is 0 Å². The molecule has 0 bridgehead atoms. The number of aromatic nitrogens is 1. The third-order valence-corrected chi connectivity index (χ3v) is 4.08. The summed E-state index contributed by atoms with van der Waals surface area (Å²) in [5, 5.41) is 0.822. The summed E-state index contributed by atoms with van der Waals surface area (Å²) in [6, 6.07) is 17.6. The summed E-state index contributed by atoms with van der Waals surface area (Å²) in [5.74, 6) is 0.178. The molecule has 3 aromatic rings. The summed E-state index contributed by atoms with van der Waals surface area (Å²) < 4.78 is 5.51. The lowest BCUT2D eigenvalue weighted by molar-refractivity contribution is 0.0475. The van der Waals surface area contributed by atoms with Crippen LogP contribution in [0.3, 0.4) is 0 Å². The van der Waals surface area contributed by atoms with Crippen LogP contribution in [0.2, 0.25) is 0 Å². The maximum absolute atomic E-state index is 12.5. The predicted molar refractivity (Wildman–Crippen MR) is 96.1 cm³/mol. The van der Waals surface area contributed by atoms with Crippen LogP contribution in [0.25, 0.3) is 10.9 Å². The number of para-hydroxylation sites is 1. The number of pyridine rings is 1. The smallest absolute Gasteiger partial charge is 0.339 e. The first-order valence-corrected chi connectivity index (χ1v) is 8.17. The van der Waals surface area contributed by atoms with Gasteiger partial charge in [0, 0.05) is 11.1 Å². The van der Waals surface area contributed by atoms with Gasteiger partial charge in [0.1, 0.15) is 6.61 Å². The van der Waals surface area contributed by atoms with Gasteiger partial charge in [-0.05, 0) is 36.1 Å². The first-order chi connectivity index (χ1) is 11.5. The van der Waals surface area contributed by atoms with E-state index in [2.05, 4.69) is 31.0 Å². The predicted octanol–water partition coefficient (Wildman–Crippen LogP) is 5.02. The average Bonchev–Trinajstić information content (AvgIpc) is 2.59. The molecule has 0 amide bonds. The van der Waals surface area contributed by atoms with E-state index in [4.69, 9.17) is 4.74 Å². The minimum Gasteiger partial charge on any atom is -0.457 e. The van der Waals surface area contributed by atoms with Crippen molar-refractivity contribution < 1.29 is 9.53 Å². The zero-order valence-electron chi connectivity index (χ0n) is 14.2. The van der Waals surface area contributed by atoms with Crippen molar-refractivity contribution in [1.82, 2.24) is 4.98 Å². The molecule has 3 heteroatoms. The maximum atomic E-state index is 12.5. The van der Waals surface area contributed by atoms with Crippen molar-refractivity contribution in [2.45, 2.75) is 33.3 Å². The molecular formula is C21H21NO2. The Hall–Kier alpha value is -2.68. The van der Waals surface area contributed by atoms with E-state index in [0.717, 1.165) is 22.2 Å². The van der Waals surface area contributed by atoms with Gasteiger partial charge < -0.3 is 4.74 Å². The summed E-state index contributed by atoms with van der Waals surface area (Å²) in [5.41, 5.74) is 4.45. The van der Waals surface area contributed by atoms with Gasteiger partial charge in [0.15, 0.2) is 0 Å². The molecule has 0 spiro atoms. The summed E-state index contributed by atoms with van der Waals surface area (Å²) in [6.45, 7) is 6.47. The minimum atomic E-state index is -0.315. The summed E-state index contributed by atoms with van der Waals surface area (Å²) in [7, 11) is 0. The van der Waals surface area contributed by atoms with Crippen molar-refractivity contribution in [1.29, 1.82) is 0 Å². The van der Waals surface area contributed by atoms with E-state index >= 15 is 0 Å². The Morgan fingerprint density at radius 3 is 2.50 bits per heavy atom. The van der Waals surface area contributed by atoms with Gasteiger partial charge in [0.25, 0.3) is 0 Å². The third-order valence-electron chi connectivity index (χ3n) is 4.08. The molecule has 0 aliphatic rings. The van der Waals surface area contributed by atoms with Gasteiger partial charge in [-0.3, -0.25) is 4.98 Å². The molecule has 0 saturated heterocycles. The number of hydrogen-bond donors (Lipinski definition) is 0. The normalized spacial score (nSPS) is 11.0. The molecule has 0 aliphatic heterocycles. The molecule has 122 valence electrons. The third kappa shape index (κ3) is 3.46. The molecule has 0 fully saturated rings. The molecule has 0 atom stereocenters. The molecule has 1 aromatic heterocycles. The number of carbonyl (C=O) groups excluding carboxylic acids is 1. The fraction of sp³-hybridized carbons (Fsp3) is 0.238. The number of benzene rings is 2. The topological polar surface area (TPSA) is 39.2 Å². The van der Waals surface area contributed by atoms with E-state index in [1.54, 1.807) is 6.07 Å². The molecule has 1 heterocycles. The van der Waals surface area contributed by atoms with Gasteiger partial charge in [0.05, 0.1) is 11.1 Å². The van der Waals surface area contributed by atoms with E-state index in [1.807, 2.05) is 43.3 Å². The minimum absolute atomic E-state index is 0.271. The van der Waals surface area contributed by atoms with Crippen molar-refractivity contribution in [2.24, 2.45) is 0 Å². The maximum Gasteiger partial charge on any atom is 0.339 e. The highest BCUT2D eigenvalue weighted by Gasteiger charge is 2.13. The lowest BCUT2D eigenvalue weighted by Crippen LogP contribution is -2.07. The number of hydrogen-bond acceptors (Lipinski definition) is 3. The average molecular weight is 319 g/mol. The van der Waals surface area contributed by atoms with E-state index in [-0.39, 0.29) is 12.6 Å². The SMILES string of the molecule is Cc1cc(C(=O)OCc2ccc(C(C)C)cc2)c2ccccc2n1. The van der Waals surface area contributed by atoms with E-state index in [1.165, 1.54) is 5.56 Å². The quantitative estimate of drug-likeness (QED) is 0.634. The van der Waals surface area contributed by atoms with Crippen LogP contribution < -0.4 is 0 Å². The molecule has 3 nitrogen and oxygen atoms in total. The highest BCUT2D eigenvalue weighted by Crippen LogP contribution is 2.20. The second-order valence-electron chi connectivity index (χ2n) is 6.30. The molecular weight excluding hydrogens is 298 g/mol. The molecule has 0 unspecified atom stereocenters. The van der Waals surface area contributed by atoms with Crippen LogP contribution in [0, 0.1) is 6.92 Å². The first-order valence-electron chi connectivity index (χ1n) is 8.17. The summed E-state index contributed by atoms with van der Waals surface area (Å²) in [4.78, 5) is 17.0. The van der Waals surface area contributed by atoms with Crippen LogP contribution >= 0.6 is 0 Å². The Kier molecular flexibility index (Phi) is 4.61. The van der Waals surface area contributed by atoms with E-state index in [9.17, 15) is 4.79 Å². The highest BCUT2D eigenvalue weighted by molar-refractivity contribution is 6.03. The summed E-state index contributed by atoms with van der Waals surface area (Å²) >= 11 is 0. The zero-order chi connectivity index (χ0) is 17.1. The Labute approximate surface area is 142 Å². The van der Waals surface area contributed by atoms with Crippen molar-refractivity contribution in [3.8, 4) is 0 Å². The molecule has 0 N–H and O–H groups in total. The van der Waals surface area contributed by atoms with Gasteiger partial charge >= 0.3 is 5.97 Å². The van der Waals surface area contributed by atoms with Crippen LogP contribution in [-0.4, -0.2) is 11.0 Å². The Morgan fingerprint density at radius 1 is 1.08 bits per heavy atom. The molecule has 0 saturated carbocycles. The van der Waals surface area contributed by atoms with Gasteiger partial charge in [-0.25, -0.2) is 4.79 Å². The van der Waals surface area contributed by atoms with Gasteiger partial charge in [0.2, 0.25) is 0 Å². The van der Waals surface area contributed by atoms with E-state index < -0.39 is 0 Å². The van der Waals surface area contributed by atoms with Crippen LogP contribution in [0.4, 0.5) is 0 Å². The number of rotatable bonds is 4. The van der Waals surface area contributed by atoms with Gasteiger partial charge in [-0.15, -0.1) is 0 Å². The van der Waals surface area contributed by atoms with Crippen molar-refractivity contribution in [3.05, 3.63) is 77.0 Å². The number of fused-ring (bicyclic) bond motifs is 1. The fourth-order valence-corrected chi connectivity index (χ4v) is 2.70. The largest absolute Gasteiger partial charge is 0.457 e. The molecule has 24 heavy (non-hydrogen) atoms. The number of carbonyl (C=O) groups is 1. The second-order valence-corrected chi connectivity index (χ2v) is 6.30.